The van der Waals surface area contributed by atoms with Gasteiger partial charge in [-0.2, -0.15) is 0 Å². The third-order valence-electron chi connectivity index (χ3n) is 6.80. The average molecular weight is 349 g/mol. The molecule has 0 saturated heterocycles. The molecule has 0 aromatic heterocycles. The standard InChI is InChI=1S/C15H40OSi4/c1-12-17(6,7)20(16,18(8,9)13-2)19(10,11)15(5)14(3)4/h14-16H,12-13H2,1-11H3. The minimum Gasteiger partial charge on any atom is -0.440 e. The molecular formula is C15H40OSi4. The van der Waals surface area contributed by atoms with E-state index < -0.39 is 29.6 Å². The van der Waals surface area contributed by atoms with E-state index in [4.69, 9.17) is 0 Å². The first kappa shape index (κ1) is 20.8. The highest BCUT2D eigenvalue weighted by atomic mass is 29.9. The molecule has 20 heavy (non-hydrogen) atoms. The summed E-state index contributed by atoms with van der Waals surface area (Å²) >= 11 is 0. The van der Waals surface area contributed by atoms with Crippen molar-refractivity contribution in [2.24, 2.45) is 5.92 Å². The largest absolute Gasteiger partial charge is 0.440 e. The molecule has 122 valence electrons. The molecule has 5 heteroatoms. The maximum Gasteiger partial charge on any atom is 0.154 e. The molecule has 0 aromatic rings. The molecule has 0 aliphatic rings. The SMILES string of the molecule is CC[Si](C)(C)[Si](O)([Si](C)(C)CC)[Si](C)(C)C(C)C(C)C. The van der Waals surface area contributed by atoms with Gasteiger partial charge in [0.15, 0.2) is 6.87 Å². The van der Waals surface area contributed by atoms with Crippen LogP contribution in [0.5, 0.6) is 0 Å². The normalized spacial score (nSPS) is 16.6. The molecule has 0 aromatic carbocycles. The molecule has 0 fully saturated rings. The van der Waals surface area contributed by atoms with Crippen molar-refractivity contribution in [3.05, 3.63) is 0 Å². The summed E-state index contributed by atoms with van der Waals surface area (Å²) in [5, 5.41) is 0. The molecule has 0 amide bonds. The van der Waals surface area contributed by atoms with Gasteiger partial charge in [0, 0.05) is 0 Å². The monoisotopic (exact) mass is 348 g/mol. The van der Waals surface area contributed by atoms with E-state index in [1.54, 1.807) is 0 Å². The highest BCUT2D eigenvalue weighted by Gasteiger charge is 2.66. The first-order chi connectivity index (χ1) is 8.73. The molecule has 1 N–H and O–H groups in total. The third kappa shape index (κ3) is 3.12. The number of rotatable bonds is 7. The van der Waals surface area contributed by atoms with Crippen LogP contribution in [0.25, 0.3) is 0 Å². The smallest absolute Gasteiger partial charge is 0.154 e. The zero-order valence-corrected chi connectivity index (χ0v) is 20.0. The molecule has 0 aliphatic heterocycles. The van der Waals surface area contributed by atoms with Crippen molar-refractivity contribution in [1.29, 1.82) is 0 Å². The predicted octanol–water partition coefficient (Wildman–Crippen LogP) is 5.37. The predicted molar refractivity (Wildman–Crippen MR) is 106 cm³/mol. The van der Waals surface area contributed by atoms with Crippen LogP contribution in [0.1, 0.15) is 34.6 Å². The third-order valence-corrected chi connectivity index (χ3v) is 75.9. The Morgan fingerprint density at radius 1 is 0.750 bits per heavy atom. The fourth-order valence-electron chi connectivity index (χ4n) is 4.33. The molecule has 1 atom stereocenters. The van der Waals surface area contributed by atoms with E-state index in [9.17, 15) is 4.80 Å². The second kappa shape index (κ2) is 6.52. The minimum atomic E-state index is -2.14. The van der Waals surface area contributed by atoms with Gasteiger partial charge in [-0.05, 0) is 11.5 Å². The van der Waals surface area contributed by atoms with Crippen molar-refractivity contribution < 1.29 is 4.80 Å². The molecule has 0 spiro atoms. The summed E-state index contributed by atoms with van der Waals surface area (Å²) in [6.07, 6.45) is 0. The lowest BCUT2D eigenvalue weighted by molar-refractivity contribution is 0.575. The summed E-state index contributed by atoms with van der Waals surface area (Å²) in [7, 11) is -4.65. The lowest BCUT2D eigenvalue weighted by Gasteiger charge is -2.58. The summed E-state index contributed by atoms with van der Waals surface area (Å²) in [6, 6.07) is 2.51. The lowest BCUT2D eigenvalue weighted by Crippen LogP contribution is -2.86. The van der Waals surface area contributed by atoms with Gasteiger partial charge in [-0.25, -0.2) is 0 Å². The summed E-state index contributed by atoms with van der Waals surface area (Å²) in [6.45, 7) is 24.8. The van der Waals surface area contributed by atoms with Gasteiger partial charge in [-0.1, -0.05) is 86.0 Å². The first-order valence-electron chi connectivity index (χ1n) is 8.45. The van der Waals surface area contributed by atoms with E-state index in [2.05, 4.69) is 73.9 Å². The quantitative estimate of drug-likeness (QED) is 0.613. The van der Waals surface area contributed by atoms with Crippen molar-refractivity contribution in [3.8, 4) is 0 Å². The maximum atomic E-state index is 12.3. The molecule has 1 unspecified atom stereocenters. The van der Waals surface area contributed by atoms with Crippen molar-refractivity contribution in [2.45, 2.75) is 91.5 Å². The Kier molecular flexibility index (Phi) is 6.79. The van der Waals surface area contributed by atoms with Crippen LogP contribution in [0.4, 0.5) is 0 Å². The molecule has 0 saturated carbocycles. The second-order valence-corrected chi connectivity index (χ2v) is 46.7. The molecule has 0 radical (unpaired) electrons. The van der Waals surface area contributed by atoms with Crippen molar-refractivity contribution in [2.75, 3.05) is 0 Å². The van der Waals surface area contributed by atoms with Gasteiger partial charge < -0.3 is 4.80 Å². The Balaban J connectivity index is 6.18. The van der Waals surface area contributed by atoms with E-state index in [0.717, 1.165) is 5.54 Å². The topological polar surface area (TPSA) is 20.2 Å². The lowest BCUT2D eigenvalue weighted by atomic mass is 10.1. The first-order valence-corrected chi connectivity index (χ1v) is 22.9. The fraction of sp³-hybridized carbons (Fsp3) is 1.00. The summed E-state index contributed by atoms with van der Waals surface area (Å²) in [4.78, 5) is 12.3. The van der Waals surface area contributed by atoms with Crippen molar-refractivity contribution in [1.82, 2.24) is 0 Å². The van der Waals surface area contributed by atoms with Crippen LogP contribution in [-0.4, -0.2) is 34.4 Å². The van der Waals surface area contributed by atoms with Gasteiger partial charge in [-0.3, -0.25) is 0 Å². The van der Waals surface area contributed by atoms with Crippen molar-refractivity contribution in [3.63, 3.8) is 0 Å². The van der Waals surface area contributed by atoms with Crippen LogP contribution in [-0.2, 0) is 0 Å². The summed E-state index contributed by atoms with van der Waals surface area (Å²) < 4.78 is 0. The Bertz CT molecular complexity index is 308. The Morgan fingerprint density at radius 3 is 1.25 bits per heavy atom. The highest BCUT2D eigenvalue weighted by molar-refractivity contribution is 7.87. The van der Waals surface area contributed by atoms with E-state index in [0.29, 0.717) is 5.92 Å². The second-order valence-electron chi connectivity index (χ2n) is 8.94. The van der Waals surface area contributed by atoms with Gasteiger partial charge in [0.1, 0.15) is 0 Å². The fourth-order valence-corrected chi connectivity index (χ4v) is 93.4. The summed E-state index contributed by atoms with van der Waals surface area (Å²) in [5.41, 5.74) is 0.732. The zero-order valence-electron chi connectivity index (χ0n) is 16.0. The maximum absolute atomic E-state index is 12.3. The average Bonchev–Trinajstić information content (AvgIpc) is 2.35. The molecule has 0 rings (SSSR count). The minimum absolute atomic E-state index is 0.707. The molecule has 0 aliphatic carbocycles. The van der Waals surface area contributed by atoms with E-state index in [-0.39, 0.29) is 0 Å². The van der Waals surface area contributed by atoms with E-state index in [1.165, 1.54) is 12.1 Å². The van der Waals surface area contributed by atoms with Gasteiger partial charge in [0.05, 0.1) is 22.8 Å². The number of hydrogen-bond donors (Lipinski definition) is 1. The number of hydrogen-bond acceptors (Lipinski definition) is 1. The van der Waals surface area contributed by atoms with Gasteiger partial charge in [0.2, 0.25) is 0 Å². The highest BCUT2D eigenvalue weighted by Crippen LogP contribution is 2.45. The Labute approximate surface area is 132 Å². The van der Waals surface area contributed by atoms with Crippen LogP contribution < -0.4 is 0 Å². The van der Waals surface area contributed by atoms with Crippen LogP contribution in [0, 0.1) is 5.92 Å². The summed E-state index contributed by atoms with van der Waals surface area (Å²) in [5.74, 6) is 0.707. The van der Waals surface area contributed by atoms with Gasteiger partial charge in [-0.15, -0.1) is 0 Å². The van der Waals surface area contributed by atoms with Crippen LogP contribution in [0.3, 0.4) is 0 Å². The van der Waals surface area contributed by atoms with E-state index >= 15 is 0 Å². The van der Waals surface area contributed by atoms with Gasteiger partial charge >= 0.3 is 0 Å². The van der Waals surface area contributed by atoms with Crippen LogP contribution >= 0.6 is 0 Å². The zero-order chi connectivity index (χ0) is 16.6. The molecule has 1 nitrogen and oxygen atoms in total. The Morgan fingerprint density at radius 2 is 1.05 bits per heavy atom. The Hall–Kier alpha value is 0.828. The molecule has 0 bridgehead atoms. The van der Waals surface area contributed by atoms with Crippen LogP contribution in [0.2, 0.25) is 56.9 Å². The van der Waals surface area contributed by atoms with Gasteiger partial charge in [0.25, 0.3) is 0 Å². The molecule has 0 heterocycles. The van der Waals surface area contributed by atoms with Crippen LogP contribution in [0.15, 0.2) is 0 Å². The van der Waals surface area contributed by atoms with Crippen molar-refractivity contribution >= 4 is 29.6 Å². The molecular weight excluding hydrogens is 309 g/mol. The van der Waals surface area contributed by atoms with E-state index in [1.807, 2.05) is 0 Å².